The van der Waals surface area contributed by atoms with Crippen LogP contribution in [0, 0.1) is 0 Å². The topological polar surface area (TPSA) is 89.4 Å². The number of hydrogen-bond donors (Lipinski definition) is 1. The number of carbonyl (C=O) groups is 2. The zero-order valence-electron chi connectivity index (χ0n) is 16.0. The Balaban J connectivity index is 1.55. The summed E-state index contributed by atoms with van der Waals surface area (Å²) >= 11 is 0. The van der Waals surface area contributed by atoms with Gasteiger partial charge in [-0.3, -0.25) is 9.59 Å². The van der Waals surface area contributed by atoms with Crippen molar-refractivity contribution in [1.29, 1.82) is 0 Å². The van der Waals surface area contributed by atoms with Crippen molar-refractivity contribution in [2.75, 3.05) is 13.1 Å². The maximum absolute atomic E-state index is 12.6. The summed E-state index contributed by atoms with van der Waals surface area (Å²) in [6.45, 7) is 3.51. The molecule has 3 heterocycles. The molecule has 2 unspecified atom stereocenters. The van der Waals surface area contributed by atoms with Crippen molar-refractivity contribution in [3.63, 3.8) is 0 Å². The molecule has 1 spiro atoms. The minimum atomic E-state index is -0.445. The largest absolute Gasteiger partial charge is 0.487 e. The Morgan fingerprint density at radius 1 is 1.36 bits per heavy atom. The molecule has 8 nitrogen and oxygen atoms in total. The Morgan fingerprint density at radius 2 is 2.21 bits per heavy atom. The first-order valence-corrected chi connectivity index (χ1v) is 9.76. The second-order valence-electron chi connectivity index (χ2n) is 7.46. The Labute approximate surface area is 163 Å². The van der Waals surface area contributed by atoms with E-state index in [-0.39, 0.29) is 24.4 Å². The molecular weight excluding hydrogens is 358 g/mol. The van der Waals surface area contributed by atoms with Crippen LogP contribution in [0.15, 0.2) is 36.9 Å². The van der Waals surface area contributed by atoms with Gasteiger partial charge >= 0.3 is 0 Å². The molecule has 2 amide bonds. The lowest BCUT2D eigenvalue weighted by Gasteiger charge is -2.42. The van der Waals surface area contributed by atoms with Gasteiger partial charge in [0.25, 0.3) is 0 Å². The first-order valence-electron chi connectivity index (χ1n) is 9.76. The molecule has 4 rings (SSSR count). The van der Waals surface area contributed by atoms with E-state index in [1.165, 1.54) is 17.3 Å². The van der Waals surface area contributed by atoms with Crippen LogP contribution >= 0.6 is 0 Å². The molecule has 0 bridgehead atoms. The third-order valence-electron chi connectivity index (χ3n) is 5.67. The summed E-state index contributed by atoms with van der Waals surface area (Å²) in [4.78, 5) is 30.7. The van der Waals surface area contributed by atoms with Gasteiger partial charge in [0.2, 0.25) is 11.8 Å². The van der Waals surface area contributed by atoms with Gasteiger partial charge in [-0.25, -0.2) is 9.67 Å². The summed E-state index contributed by atoms with van der Waals surface area (Å²) in [7, 11) is 0. The van der Waals surface area contributed by atoms with Crippen LogP contribution in [0.25, 0.3) is 0 Å². The number of fused-ring (bicyclic) bond motifs is 1. The lowest BCUT2D eigenvalue weighted by molar-refractivity contribution is -0.130. The van der Waals surface area contributed by atoms with Crippen molar-refractivity contribution in [2.24, 2.45) is 0 Å². The summed E-state index contributed by atoms with van der Waals surface area (Å²) in [5, 5.41) is 7.13. The van der Waals surface area contributed by atoms with Crippen LogP contribution in [-0.4, -0.2) is 50.2 Å². The molecule has 1 aromatic heterocycles. The number of para-hydroxylation sites is 1. The highest BCUT2D eigenvalue weighted by atomic mass is 16.5. The number of aromatic nitrogens is 3. The van der Waals surface area contributed by atoms with Gasteiger partial charge in [0, 0.05) is 37.9 Å². The smallest absolute Gasteiger partial charge is 0.242 e. The van der Waals surface area contributed by atoms with E-state index >= 15 is 0 Å². The summed E-state index contributed by atoms with van der Waals surface area (Å²) in [5.74, 6) is 0.841. The van der Waals surface area contributed by atoms with E-state index in [0.717, 1.165) is 17.7 Å². The van der Waals surface area contributed by atoms with Gasteiger partial charge in [0.1, 0.15) is 30.5 Å². The van der Waals surface area contributed by atoms with Crippen LogP contribution in [0.5, 0.6) is 5.75 Å². The molecule has 2 aromatic rings. The number of rotatable bonds is 4. The molecule has 0 saturated carbocycles. The van der Waals surface area contributed by atoms with Gasteiger partial charge in [0.05, 0.1) is 6.04 Å². The van der Waals surface area contributed by atoms with Crippen molar-refractivity contribution in [1.82, 2.24) is 25.0 Å². The molecule has 1 N–H and O–H groups in total. The number of carbonyl (C=O) groups excluding carboxylic acids is 2. The lowest BCUT2D eigenvalue weighted by atomic mass is 9.82. The van der Waals surface area contributed by atoms with Crippen molar-refractivity contribution < 1.29 is 14.3 Å². The third-order valence-corrected chi connectivity index (χ3v) is 5.67. The van der Waals surface area contributed by atoms with Crippen LogP contribution < -0.4 is 10.1 Å². The van der Waals surface area contributed by atoms with Gasteiger partial charge in [0.15, 0.2) is 0 Å². The van der Waals surface area contributed by atoms with Crippen LogP contribution in [-0.2, 0) is 16.1 Å². The van der Waals surface area contributed by atoms with E-state index in [1.54, 1.807) is 0 Å². The molecule has 1 aromatic carbocycles. The van der Waals surface area contributed by atoms with Gasteiger partial charge in [-0.15, -0.1) is 0 Å². The third kappa shape index (κ3) is 3.72. The van der Waals surface area contributed by atoms with Gasteiger partial charge in [-0.1, -0.05) is 18.2 Å². The zero-order valence-corrected chi connectivity index (χ0v) is 16.0. The van der Waals surface area contributed by atoms with Crippen LogP contribution in [0.2, 0.25) is 0 Å². The van der Waals surface area contributed by atoms with Crippen LogP contribution in [0.3, 0.4) is 0 Å². The summed E-state index contributed by atoms with van der Waals surface area (Å²) in [5.41, 5.74) is 0.530. The number of hydrogen-bond acceptors (Lipinski definition) is 5. The Morgan fingerprint density at radius 3 is 3.00 bits per heavy atom. The minimum absolute atomic E-state index is 0.120. The molecule has 8 heteroatoms. The second kappa shape index (κ2) is 7.61. The molecule has 1 fully saturated rings. The van der Waals surface area contributed by atoms with Gasteiger partial charge < -0.3 is 15.0 Å². The predicted octanol–water partition coefficient (Wildman–Crippen LogP) is 1.69. The molecule has 2 aliphatic rings. The number of benzene rings is 1. The van der Waals surface area contributed by atoms with Crippen LogP contribution in [0.1, 0.15) is 44.2 Å². The first-order chi connectivity index (χ1) is 13.6. The number of nitrogens with zero attached hydrogens (tertiary/aromatic N) is 4. The molecule has 28 heavy (non-hydrogen) atoms. The van der Waals surface area contributed by atoms with E-state index in [1.807, 2.05) is 36.1 Å². The highest BCUT2D eigenvalue weighted by Gasteiger charge is 2.43. The van der Waals surface area contributed by atoms with Crippen molar-refractivity contribution in [3.05, 3.63) is 42.5 Å². The average Bonchev–Trinajstić information content (AvgIpc) is 3.14. The Bertz CT molecular complexity index is 853. The molecule has 2 atom stereocenters. The average molecular weight is 383 g/mol. The highest BCUT2D eigenvalue weighted by Crippen LogP contribution is 2.44. The number of ether oxygens (including phenoxy) is 1. The maximum atomic E-state index is 12.6. The predicted molar refractivity (Wildman–Crippen MR) is 101 cm³/mol. The molecule has 0 radical (unpaired) electrons. The standard InChI is InChI=1S/C20H25N5O3/c1-2-24-10-9-20(8-7-19(24)27)11-16(15-5-3-4-6-17(15)28-20)23-18(26)12-25-14-21-13-22-25/h3-6,13-14,16H,2,7-12H2,1H3,(H,23,26). The molecule has 2 aliphatic heterocycles. The summed E-state index contributed by atoms with van der Waals surface area (Å²) in [6, 6.07) is 7.66. The lowest BCUT2D eigenvalue weighted by Crippen LogP contribution is -2.46. The molecule has 1 saturated heterocycles. The fourth-order valence-electron chi connectivity index (χ4n) is 4.17. The summed E-state index contributed by atoms with van der Waals surface area (Å²) in [6.07, 6.45) is 5.47. The first kappa shape index (κ1) is 18.5. The number of amides is 2. The fraction of sp³-hybridized carbons (Fsp3) is 0.500. The molecule has 148 valence electrons. The maximum Gasteiger partial charge on any atom is 0.242 e. The minimum Gasteiger partial charge on any atom is -0.487 e. The number of likely N-dealkylation sites (tertiary alicyclic amines) is 1. The molecule has 0 aliphatic carbocycles. The van der Waals surface area contributed by atoms with Crippen molar-refractivity contribution >= 4 is 11.8 Å². The van der Waals surface area contributed by atoms with Gasteiger partial charge in [-0.2, -0.15) is 5.10 Å². The zero-order chi connectivity index (χ0) is 19.6. The fourth-order valence-corrected chi connectivity index (χ4v) is 4.17. The normalized spacial score (nSPS) is 24.4. The summed E-state index contributed by atoms with van der Waals surface area (Å²) < 4.78 is 7.94. The van der Waals surface area contributed by atoms with Crippen molar-refractivity contribution in [2.45, 2.75) is 50.8 Å². The van der Waals surface area contributed by atoms with E-state index in [9.17, 15) is 9.59 Å². The SMILES string of the molecule is CCN1CCC2(CCC1=O)CC(NC(=O)Cn1cncn1)c1ccccc1O2. The second-order valence-corrected chi connectivity index (χ2v) is 7.46. The quantitative estimate of drug-likeness (QED) is 0.868. The molecular formula is C20H25N5O3. The van der Waals surface area contributed by atoms with E-state index in [4.69, 9.17) is 4.74 Å². The van der Waals surface area contributed by atoms with Crippen molar-refractivity contribution in [3.8, 4) is 5.75 Å². The van der Waals surface area contributed by atoms with E-state index in [2.05, 4.69) is 15.4 Å². The monoisotopic (exact) mass is 383 g/mol. The Kier molecular flexibility index (Phi) is 5.02. The van der Waals surface area contributed by atoms with E-state index < -0.39 is 5.60 Å². The van der Waals surface area contributed by atoms with Crippen LogP contribution in [0.4, 0.5) is 0 Å². The van der Waals surface area contributed by atoms with Gasteiger partial charge in [-0.05, 0) is 19.4 Å². The Hall–Kier alpha value is -2.90. The number of nitrogens with one attached hydrogen (secondary N) is 1. The van der Waals surface area contributed by atoms with E-state index in [0.29, 0.717) is 32.4 Å². The highest BCUT2D eigenvalue weighted by molar-refractivity contribution is 5.77.